The molecular formula is C17H21NO5. The standard InChI is InChI=1S/C17H21NO5/c1-12(19)22-15-9-10-18(17(3,11-15)23-13(2)20)16(21)14-7-5-4-6-8-14/h4-8,15H,9-11H2,1-3H3. The Morgan fingerprint density at radius 3 is 2.35 bits per heavy atom. The first-order valence-corrected chi connectivity index (χ1v) is 7.55. The molecule has 2 atom stereocenters. The first-order chi connectivity index (χ1) is 10.8. The van der Waals surface area contributed by atoms with E-state index >= 15 is 0 Å². The van der Waals surface area contributed by atoms with Crippen LogP contribution in [0.25, 0.3) is 0 Å². The Hall–Kier alpha value is -2.37. The van der Waals surface area contributed by atoms with Gasteiger partial charge in [0.25, 0.3) is 5.91 Å². The molecular weight excluding hydrogens is 298 g/mol. The van der Waals surface area contributed by atoms with E-state index < -0.39 is 11.7 Å². The van der Waals surface area contributed by atoms with Crippen molar-refractivity contribution < 1.29 is 23.9 Å². The van der Waals surface area contributed by atoms with Crippen LogP contribution < -0.4 is 0 Å². The van der Waals surface area contributed by atoms with Gasteiger partial charge in [0, 0.05) is 38.8 Å². The van der Waals surface area contributed by atoms with E-state index in [4.69, 9.17) is 9.47 Å². The van der Waals surface area contributed by atoms with Gasteiger partial charge in [-0.15, -0.1) is 0 Å². The molecule has 1 aromatic carbocycles. The summed E-state index contributed by atoms with van der Waals surface area (Å²) < 4.78 is 10.7. The molecule has 1 aromatic rings. The molecule has 1 heterocycles. The van der Waals surface area contributed by atoms with E-state index in [-0.39, 0.29) is 24.4 Å². The lowest BCUT2D eigenvalue weighted by molar-refractivity contribution is -0.190. The number of likely N-dealkylation sites (tertiary alicyclic amines) is 1. The molecule has 0 aromatic heterocycles. The van der Waals surface area contributed by atoms with Crippen LogP contribution >= 0.6 is 0 Å². The highest BCUT2D eigenvalue weighted by molar-refractivity contribution is 5.94. The minimum Gasteiger partial charge on any atom is -0.462 e. The van der Waals surface area contributed by atoms with Crippen molar-refractivity contribution in [3.63, 3.8) is 0 Å². The molecule has 1 saturated heterocycles. The summed E-state index contributed by atoms with van der Waals surface area (Å²) in [4.78, 5) is 36.9. The van der Waals surface area contributed by atoms with Gasteiger partial charge in [-0.1, -0.05) is 18.2 Å². The monoisotopic (exact) mass is 319 g/mol. The van der Waals surface area contributed by atoms with Gasteiger partial charge < -0.3 is 14.4 Å². The van der Waals surface area contributed by atoms with E-state index in [2.05, 4.69) is 0 Å². The van der Waals surface area contributed by atoms with Crippen molar-refractivity contribution in [1.29, 1.82) is 0 Å². The molecule has 0 saturated carbocycles. The molecule has 1 aliphatic heterocycles. The van der Waals surface area contributed by atoms with Crippen molar-refractivity contribution in [1.82, 2.24) is 4.90 Å². The highest BCUT2D eigenvalue weighted by Crippen LogP contribution is 2.32. The molecule has 0 radical (unpaired) electrons. The zero-order chi connectivity index (χ0) is 17.0. The lowest BCUT2D eigenvalue weighted by Gasteiger charge is -2.45. The van der Waals surface area contributed by atoms with Gasteiger partial charge in [-0.2, -0.15) is 0 Å². The summed E-state index contributed by atoms with van der Waals surface area (Å²) in [5, 5.41) is 0. The van der Waals surface area contributed by atoms with Crippen LogP contribution in [0.4, 0.5) is 0 Å². The summed E-state index contributed by atoms with van der Waals surface area (Å²) in [6.07, 6.45) is 0.386. The van der Waals surface area contributed by atoms with Crippen LogP contribution in [-0.4, -0.2) is 41.1 Å². The highest BCUT2D eigenvalue weighted by atomic mass is 16.6. The Bertz CT molecular complexity index is 600. The van der Waals surface area contributed by atoms with Crippen LogP contribution in [0, 0.1) is 0 Å². The number of hydrogen-bond donors (Lipinski definition) is 0. The van der Waals surface area contributed by atoms with Crippen LogP contribution in [0.15, 0.2) is 30.3 Å². The predicted octanol–water partition coefficient (Wildman–Crippen LogP) is 2.13. The van der Waals surface area contributed by atoms with Gasteiger partial charge in [-0.25, -0.2) is 0 Å². The van der Waals surface area contributed by atoms with Crippen molar-refractivity contribution in [3.8, 4) is 0 Å². The fraction of sp³-hybridized carbons (Fsp3) is 0.471. The smallest absolute Gasteiger partial charge is 0.304 e. The van der Waals surface area contributed by atoms with Gasteiger partial charge in [0.05, 0.1) is 0 Å². The van der Waals surface area contributed by atoms with Gasteiger partial charge in [0.2, 0.25) is 0 Å². The Labute approximate surface area is 135 Å². The van der Waals surface area contributed by atoms with Gasteiger partial charge in [-0.3, -0.25) is 14.4 Å². The number of ether oxygens (including phenoxy) is 2. The molecule has 1 amide bonds. The SMILES string of the molecule is CC(=O)OC1CCN(C(=O)c2ccccc2)C(C)(OC(C)=O)C1. The molecule has 2 rings (SSSR count). The number of piperidine rings is 1. The Kier molecular flexibility index (Phi) is 5.03. The molecule has 6 heteroatoms. The largest absolute Gasteiger partial charge is 0.462 e. The second-order valence-corrected chi connectivity index (χ2v) is 5.82. The maximum Gasteiger partial charge on any atom is 0.304 e. The summed E-state index contributed by atoms with van der Waals surface area (Å²) in [7, 11) is 0. The average Bonchev–Trinajstić information content (AvgIpc) is 2.45. The third-order valence-electron chi connectivity index (χ3n) is 3.81. The van der Waals surface area contributed by atoms with Crippen LogP contribution in [0.3, 0.4) is 0 Å². The topological polar surface area (TPSA) is 72.9 Å². The van der Waals surface area contributed by atoms with E-state index in [0.717, 1.165) is 0 Å². The normalized spacial score (nSPS) is 24.0. The molecule has 1 fully saturated rings. The van der Waals surface area contributed by atoms with E-state index in [9.17, 15) is 14.4 Å². The number of carbonyl (C=O) groups excluding carboxylic acids is 3. The average molecular weight is 319 g/mol. The molecule has 0 N–H and O–H groups in total. The minimum absolute atomic E-state index is 0.212. The maximum atomic E-state index is 12.8. The van der Waals surface area contributed by atoms with E-state index in [1.165, 1.54) is 18.7 Å². The summed E-state index contributed by atoms with van der Waals surface area (Å²) in [5.74, 6) is -1.08. The van der Waals surface area contributed by atoms with Crippen molar-refractivity contribution >= 4 is 17.8 Å². The highest BCUT2D eigenvalue weighted by Gasteiger charge is 2.45. The van der Waals surface area contributed by atoms with Crippen molar-refractivity contribution in [2.45, 2.75) is 45.4 Å². The second kappa shape index (κ2) is 6.81. The molecule has 1 aliphatic rings. The zero-order valence-corrected chi connectivity index (χ0v) is 13.6. The zero-order valence-electron chi connectivity index (χ0n) is 13.6. The minimum atomic E-state index is -1.14. The first-order valence-electron chi connectivity index (χ1n) is 7.55. The summed E-state index contributed by atoms with van der Waals surface area (Å²) in [6.45, 7) is 4.65. The van der Waals surface area contributed by atoms with Gasteiger partial charge in [0.15, 0.2) is 5.72 Å². The van der Waals surface area contributed by atoms with Gasteiger partial charge >= 0.3 is 11.9 Å². The van der Waals surface area contributed by atoms with Gasteiger partial charge in [0.1, 0.15) is 6.10 Å². The third kappa shape index (κ3) is 4.09. The summed E-state index contributed by atoms with van der Waals surface area (Å²) >= 11 is 0. The Morgan fingerprint density at radius 1 is 1.13 bits per heavy atom. The molecule has 0 spiro atoms. The van der Waals surface area contributed by atoms with Crippen molar-refractivity contribution in [3.05, 3.63) is 35.9 Å². The third-order valence-corrected chi connectivity index (χ3v) is 3.81. The molecule has 0 aliphatic carbocycles. The molecule has 0 bridgehead atoms. The number of esters is 2. The Balaban J connectivity index is 2.25. The first kappa shape index (κ1) is 17.0. The van der Waals surface area contributed by atoms with E-state index in [0.29, 0.717) is 18.5 Å². The molecule has 6 nitrogen and oxygen atoms in total. The molecule has 124 valence electrons. The summed E-state index contributed by atoms with van der Waals surface area (Å²) in [6, 6.07) is 8.82. The predicted molar refractivity (Wildman–Crippen MR) is 82.4 cm³/mol. The van der Waals surface area contributed by atoms with E-state index in [1.54, 1.807) is 31.2 Å². The number of rotatable bonds is 3. The molecule has 2 unspecified atom stereocenters. The fourth-order valence-electron chi connectivity index (χ4n) is 2.94. The van der Waals surface area contributed by atoms with Crippen molar-refractivity contribution in [2.75, 3.05) is 6.54 Å². The fourth-order valence-corrected chi connectivity index (χ4v) is 2.94. The van der Waals surface area contributed by atoms with E-state index in [1.807, 2.05) is 6.07 Å². The number of nitrogens with zero attached hydrogens (tertiary/aromatic N) is 1. The van der Waals surface area contributed by atoms with Crippen LogP contribution in [0.1, 0.15) is 44.0 Å². The second-order valence-electron chi connectivity index (χ2n) is 5.82. The van der Waals surface area contributed by atoms with Crippen LogP contribution in [-0.2, 0) is 19.1 Å². The summed E-state index contributed by atoms with van der Waals surface area (Å²) in [5.41, 5.74) is -0.617. The Morgan fingerprint density at radius 2 is 1.78 bits per heavy atom. The van der Waals surface area contributed by atoms with Gasteiger partial charge in [-0.05, 0) is 19.1 Å². The lowest BCUT2D eigenvalue weighted by atomic mass is 9.95. The van der Waals surface area contributed by atoms with Crippen LogP contribution in [0.2, 0.25) is 0 Å². The number of amides is 1. The van der Waals surface area contributed by atoms with Crippen molar-refractivity contribution in [2.24, 2.45) is 0 Å². The van der Waals surface area contributed by atoms with Crippen LogP contribution in [0.5, 0.6) is 0 Å². The molecule has 23 heavy (non-hydrogen) atoms. The number of benzene rings is 1. The quantitative estimate of drug-likeness (QED) is 0.798. The number of carbonyl (C=O) groups is 3. The number of hydrogen-bond acceptors (Lipinski definition) is 5. The lowest BCUT2D eigenvalue weighted by Crippen LogP contribution is -2.58. The maximum absolute atomic E-state index is 12.8.